The fourth-order valence-corrected chi connectivity index (χ4v) is 1.57. The van der Waals surface area contributed by atoms with Crippen LogP contribution in [0.3, 0.4) is 0 Å². The Morgan fingerprint density at radius 1 is 1.64 bits per heavy atom. The van der Waals surface area contributed by atoms with E-state index >= 15 is 0 Å². The van der Waals surface area contributed by atoms with Crippen LogP contribution in [0.4, 0.5) is 0 Å². The van der Waals surface area contributed by atoms with Crippen LogP contribution in [-0.4, -0.2) is 15.3 Å². The van der Waals surface area contributed by atoms with Crippen molar-refractivity contribution in [1.82, 2.24) is 4.98 Å². The van der Waals surface area contributed by atoms with Crippen LogP contribution in [-0.2, 0) is 17.4 Å². The van der Waals surface area contributed by atoms with E-state index in [1.165, 1.54) is 0 Å². The third-order valence-corrected chi connectivity index (χ3v) is 2.59. The summed E-state index contributed by atoms with van der Waals surface area (Å²) in [6, 6.07) is 3.52. The number of aromatic nitrogens is 1. The number of pyridine rings is 1. The zero-order valence-electron chi connectivity index (χ0n) is 7.22. The van der Waals surface area contributed by atoms with E-state index < -0.39 is 11.0 Å². The summed E-state index contributed by atoms with van der Waals surface area (Å²) in [6.45, 7) is 0. The van der Waals surface area contributed by atoms with Gasteiger partial charge in [-0.25, -0.2) is 4.98 Å². The van der Waals surface area contributed by atoms with E-state index in [2.05, 4.69) is 9.35 Å². The first-order valence-electron chi connectivity index (χ1n) is 3.82. The molecule has 4 nitrogen and oxygen atoms in total. The number of nitriles is 1. The molecule has 0 aliphatic heterocycles. The van der Waals surface area contributed by atoms with Gasteiger partial charge in [0.15, 0.2) is 0 Å². The van der Waals surface area contributed by atoms with Crippen molar-refractivity contribution in [2.75, 3.05) is 5.75 Å². The average Bonchev–Trinajstić information content (AvgIpc) is 2.17. The Morgan fingerprint density at radius 2 is 2.43 bits per heavy atom. The van der Waals surface area contributed by atoms with Gasteiger partial charge in [-0.2, -0.15) is 5.26 Å². The molecule has 14 heavy (non-hydrogen) atoms. The zero-order chi connectivity index (χ0) is 10.4. The molecule has 0 spiro atoms. The van der Waals surface area contributed by atoms with Gasteiger partial charge in [0, 0.05) is 22.9 Å². The fraction of sp³-hybridized carbons (Fsp3) is 0.250. The highest BCUT2D eigenvalue weighted by molar-refractivity contribution is 7.81. The first-order valence-corrected chi connectivity index (χ1v) is 5.51. The van der Waals surface area contributed by atoms with Crippen LogP contribution in [0.15, 0.2) is 22.7 Å². The van der Waals surface area contributed by atoms with Crippen LogP contribution in [0.5, 0.6) is 0 Å². The van der Waals surface area contributed by atoms with Crippen LogP contribution in [0.1, 0.15) is 5.56 Å². The second kappa shape index (κ2) is 5.70. The second-order valence-corrected chi connectivity index (χ2v) is 4.13. The molecule has 6 heteroatoms. The predicted molar refractivity (Wildman–Crippen MR) is 55.9 cm³/mol. The SMILES string of the molecule is N#CN=S(O)CCc1ccc(Cl)nc1. The number of halogens is 1. The van der Waals surface area contributed by atoms with Crippen molar-refractivity contribution in [1.29, 1.82) is 5.26 Å². The highest BCUT2D eigenvalue weighted by Crippen LogP contribution is 2.06. The normalized spacial score (nSPS) is 12.4. The molecule has 0 bridgehead atoms. The van der Waals surface area contributed by atoms with Crippen LogP contribution >= 0.6 is 11.6 Å². The quantitative estimate of drug-likeness (QED) is 0.637. The van der Waals surface area contributed by atoms with Crippen molar-refractivity contribution in [2.24, 2.45) is 4.36 Å². The molecule has 0 saturated heterocycles. The summed E-state index contributed by atoms with van der Waals surface area (Å²) >= 11 is 5.60. The average molecular weight is 230 g/mol. The molecule has 1 N–H and O–H groups in total. The number of hydrogen-bond donors (Lipinski definition) is 1. The van der Waals surface area contributed by atoms with Crippen molar-refractivity contribution in [2.45, 2.75) is 6.42 Å². The van der Waals surface area contributed by atoms with Gasteiger partial charge in [0.2, 0.25) is 6.19 Å². The first kappa shape index (κ1) is 11.1. The van der Waals surface area contributed by atoms with Crippen LogP contribution in [0.25, 0.3) is 0 Å². The molecule has 0 radical (unpaired) electrons. The van der Waals surface area contributed by atoms with Gasteiger partial charge in [0.25, 0.3) is 0 Å². The Kier molecular flexibility index (Phi) is 4.53. The van der Waals surface area contributed by atoms with E-state index in [1.807, 2.05) is 6.07 Å². The van der Waals surface area contributed by atoms with Gasteiger partial charge in [-0.15, -0.1) is 4.36 Å². The summed E-state index contributed by atoms with van der Waals surface area (Å²) in [4.78, 5) is 3.89. The Bertz CT molecular complexity index is 371. The fourth-order valence-electron chi connectivity index (χ4n) is 0.856. The minimum atomic E-state index is -1.17. The van der Waals surface area contributed by atoms with Gasteiger partial charge < -0.3 is 4.55 Å². The lowest BCUT2D eigenvalue weighted by Gasteiger charge is -1.99. The van der Waals surface area contributed by atoms with Crippen molar-refractivity contribution < 1.29 is 4.55 Å². The number of nitrogens with zero attached hydrogens (tertiary/aromatic N) is 3. The van der Waals surface area contributed by atoms with E-state index in [4.69, 9.17) is 21.4 Å². The maximum Gasteiger partial charge on any atom is 0.214 e. The Balaban J connectivity index is 2.51. The second-order valence-electron chi connectivity index (χ2n) is 2.47. The molecular weight excluding hydrogens is 222 g/mol. The molecular formula is C8H8ClN3OS. The lowest BCUT2D eigenvalue weighted by molar-refractivity contribution is 0.647. The summed E-state index contributed by atoms with van der Waals surface area (Å²) in [6.07, 6.45) is 3.84. The summed E-state index contributed by atoms with van der Waals surface area (Å²) in [5.41, 5.74) is 0.967. The third kappa shape index (κ3) is 3.83. The topological polar surface area (TPSA) is 69.3 Å². The van der Waals surface area contributed by atoms with Crippen molar-refractivity contribution >= 4 is 22.6 Å². The largest absolute Gasteiger partial charge is 0.321 e. The van der Waals surface area contributed by atoms with E-state index in [9.17, 15) is 0 Å². The van der Waals surface area contributed by atoms with E-state index in [1.54, 1.807) is 18.5 Å². The molecule has 0 fully saturated rings. The van der Waals surface area contributed by atoms with Gasteiger partial charge in [0.1, 0.15) is 5.15 Å². The summed E-state index contributed by atoms with van der Waals surface area (Å²) in [5, 5.41) is 8.61. The lowest BCUT2D eigenvalue weighted by atomic mass is 10.2. The molecule has 1 heterocycles. The van der Waals surface area contributed by atoms with E-state index in [0.29, 0.717) is 17.3 Å². The Morgan fingerprint density at radius 3 is 3.00 bits per heavy atom. The predicted octanol–water partition coefficient (Wildman–Crippen LogP) is 2.03. The first-order chi connectivity index (χ1) is 6.72. The maximum atomic E-state index is 9.16. The van der Waals surface area contributed by atoms with Crippen LogP contribution in [0.2, 0.25) is 5.15 Å². The molecule has 1 aromatic heterocycles. The molecule has 1 aromatic rings. The summed E-state index contributed by atoms with van der Waals surface area (Å²) < 4.78 is 12.5. The molecule has 0 aliphatic rings. The molecule has 0 amide bonds. The van der Waals surface area contributed by atoms with Gasteiger partial charge in [-0.05, 0) is 18.1 Å². The highest BCUT2D eigenvalue weighted by Gasteiger charge is 1.96. The standard InChI is InChI=1S/C8H8ClN3OS/c9-8-2-1-7(5-11-8)3-4-14(13)12-6-10/h1-2,5H,3-4H2,(H,12,13). The van der Waals surface area contributed by atoms with Crippen LogP contribution in [0, 0.1) is 11.5 Å². The third-order valence-electron chi connectivity index (χ3n) is 1.51. The lowest BCUT2D eigenvalue weighted by Crippen LogP contribution is -1.99. The monoisotopic (exact) mass is 229 g/mol. The molecule has 1 rings (SSSR count). The van der Waals surface area contributed by atoms with Gasteiger partial charge >= 0.3 is 0 Å². The minimum absolute atomic E-state index is 0.441. The van der Waals surface area contributed by atoms with E-state index in [0.717, 1.165) is 5.56 Å². The molecule has 0 aromatic carbocycles. The molecule has 74 valence electrons. The minimum Gasteiger partial charge on any atom is -0.321 e. The number of hydrogen-bond acceptors (Lipinski definition) is 3. The van der Waals surface area contributed by atoms with Gasteiger partial charge in [-0.3, -0.25) is 0 Å². The zero-order valence-corrected chi connectivity index (χ0v) is 8.79. The molecule has 1 atom stereocenters. The van der Waals surface area contributed by atoms with E-state index in [-0.39, 0.29) is 0 Å². The Hall–Kier alpha value is -0.960. The van der Waals surface area contributed by atoms with Gasteiger partial charge in [0.05, 0.1) is 0 Å². The van der Waals surface area contributed by atoms with Crippen molar-refractivity contribution in [3.8, 4) is 6.19 Å². The summed E-state index contributed by atoms with van der Waals surface area (Å²) in [7, 11) is -1.17. The molecule has 0 aliphatic carbocycles. The smallest absolute Gasteiger partial charge is 0.214 e. The summed E-state index contributed by atoms with van der Waals surface area (Å²) in [5.74, 6) is 0.441. The Labute approximate surface area is 89.5 Å². The number of aryl methyl sites for hydroxylation is 1. The maximum absolute atomic E-state index is 9.16. The van der Waals surface area contributed by atoms with Gasteiger partial charge in [-0.1, -0.05) is 17.7 Å². The highest BCUT2D eigenvalue weighted by atomic mass is 35.5. The van der Waals surface area contributed by atoms with Crippen molar-refractivity contribution in [3.05, 3.63) is 29.0 Å². The molecule has 0 saturated carbocycles. The van der Waals surface area contributed by atoms with Crippen molar-refractivity contribution in [3.63, 3.8) is 0 Å². The molecule has 1 unspecified atom stereocenters. The number of rotatable bonds is 3. The van der Waals surface area contributed by atoms with Crippen LogP contribution < -0.4 is 0 Å².